The van der Waals surface area contributed by atoms with Crippen LogP contribution in [0.3, 0.4) is 0 Å². The molecule has 1 amide bonds. The molecule has 1 fully saturated rings. The normalized spacial score (nSPS) is 15.9. The van der Waals surface area contributed by atoms with Crippen molar-refractivity contribution >= 4 is 40.7 Å². The molecule has 1 saturated heterocycles. The van der Waals surface area contributed by atoms with Gasteiger partial charge in [0.25, 0.3) is 5.91 Å². The average Bonchev–Trinajstić information content (AvgIpc) is 2.82. The molecule has 0 aliphatic carbocycles. The monoisotopic (exact) mass is 323 g/mol. The summed E-state index contributed by atoms with van der Waals surface area (Å²) < 4.78 is 0. The quantitative estimate of drug-likeness (QED) is 0.696. The highest BCUT2D eigenvalue weighted by Crippen LogP contribution is 2.24. The number of thiocarbonyl (C=S) groups is 1. The number of amides is 1. The average molecular weight is 323 g/mol. The summed E-state index contributed by atoms with van der Waals surface area (Å²) in [6, 6.07) is 17.4. The highest BCUT2D eigenvalue weighted by molar-refractivity contribution is 7.80. The Labute approximate surface area is 141 Å². The molecule has 23 heavy (non-hydrogen) atoms. The Hall–Kier alpha value is -2.66. The van der Waals surface area contributed by atoms with Crippen LogP contribution < -0.4 is 15.1 Å². The summed E-state index contributed by atoms with van der Waals surface area (Å²) in [4.78, 5) is 16.2. The second-order valence-corrected chi connectivity index (χ2v) is 5.84. The second-order valence-electron chi connectivity index (χ2n) is 5.45. The van der Waals surface area contributed by atoms with Crippen LogP contribution in [0, 0.1) is 0 Å². The Balaban J connectivity index is 1.88. The maximum atomic E-state index is 12.6. The van der Waals surface area contributed by atoms with Crippen LogP contribution in [0.25, 0.3) is 6.08 Å². The van der Waals surface area contributed by atoms with Gasteiger partial charge in [-0.05, 0) is 48.1 Å². The summed E-state index contributed by atoms with van der Waals surface area (Å²) in [6.45, 7) is 0. The van der Waals surface area contributed by atoms with Crippen LogP contribution in [-0.4, -0.2) is 25.1 Å². The van der Waals surface area contributed by atoms with Crippen molar-refractivity contribution in [1.82, 2.24) is 5.32 Å². The van der Waals surface area contributed by atoms with Crippen molar-refractivity contribution in [2.45, 2.75) is 0 Å². The Kier molecular flexibility index (Phi) is 4.12. The number of carbonyl (C=O) groups is 1. The molecule has 3 rings (SSSR count). The maximum Gasteiger partial charge on any atom is 0.281 e. The molecular weight excluding hydrogens is 306 g/mol. The van der Waals surface area contributed by atoms with Crippen molar-refractivity contribution in [1.29, 1.82) is 0 Å². The van der Waals surface area contributed by atoms with E-state index in [1.165, 1.54) is 4.90 Å². The molecule has 0 aromatic heterocycles. The van der Waals surface area contributed by atoms with Crippen LogP contribution in [0.2, 0.25) is 0 Å². The van der Waals surface area contributed by atoms with Crippen LogP contribution in [0.15, 0.2) is 60.3 Å². The molecule has 0 saturated carbocycles. The SMILES string of the molecule is CN(C)c1ccc(N2C(=O)/C(=C\c3ccccc3)NC2=S)cc1. The molecule has 0 radical (unpaired) electrons. The zero-order chi connectivity index (χ0) is 16.4. The first-order valence-electron chi connectivity index (χ1n) is 7.26. The maximum absolute atomic E-state index is 12.6. The molecule has 0 spiro atoms. The van der Waals surface area contributed by atoms with Crippen molar-refractivity contribution in [3.63, 3.8) is 0 Å². The van der Waals surface area contributed by atoms with Gasteiger partial charge in [0, 0.05) is 19.8 Å². The number of hydrogen-bond donors (Lipinski definition) is 1. The predicted molar refractivity (Wildman–Crippen MR) is 98.4 cm³/mol. The lowest BCUT2D eigenvalue weighted by Crippen LogP contribution is -2.30. The van der Waals surface area contributed by atoms with E-state index in [0.717, 1.165) is 16.9 Å². The van der Waals surface area contributed by atoms with E-state index in [1.807, 2.05) is 79.7 Å². The van der Waals surface area contributed by atoms with Crippen molar-refractivity contribution < 1.29 is 4.79 Å². The van der Waals surface area contributed by atoms with Gasteiger partial charge in [0.2, 0.25) is 0 Å². The van der Waals surface area contributed by atoms with E-state index in [1.54, 1.807) is 0 Å². The summed E-state index contributed by atoms with van der Waals surface area (Å²) in [5.41, 5.74) is 3.27. The zero-order valence-corrected chi connectivity index (χ0v) is 13.8. The number of anilines is 2. The summed E-state index contributed by atoms with van der Waals surface area (Å²) in [7, 11) is 3.95. The number of carbonyl (C=O) groups excluding carboxylic acids is 1. The largest absolute Gasteiger partial charge is 0.378 e. The van der Waals surface area contributed by atoms with Crippen molar-refractivity contribution in [3.05, 3.63) is 65.9 Å². The second kappa shape index (κ2) is 6.22. The molecular formula is C18H17N3OS. The van der Waals surface area contributed by atoms with Gasteiger partial charge >= 0.3 is 0 Å². The number of hydrogen-bond acceptors (Lipinski definition) is 3. The molecule has 116 valence electrons. The van der Waals surface area contributed by atoms with Gasteiger partial charge in [-0.15, -0.1) is 0 Å². The van der Waals surface area contributed by atoms with Gasteiger partial charge in [-0.1, -0.05) is 30.3 Å². The highest BCUT2D eigenvalue weighted by Gasteiger charge is 2.31. The fourth-order valence-electron chi connectivity index (χ4n) is 2.39. The van der Waals surface area contributed by atoms with Gasteiger partial charge in [0.15, 0.2) is 5.11 Å². The van der Waals surface area contributed by atoms with Crippen LogP contribution in [0.5, 0.6) is 0 Å². The zero-order valence-electron chi connectivity index (χ0n) is 13.0. The van der Waals surface area contributed by atoms with Gasteiger partial charge in [-0.2, -0.15) is 0 Å². The molecule has 4 nitrogen and oxygen atoms in total. The number of benzene rings is 2. The standard InChI is InChI=1S/C18H17N3OS/c1-20(2)14-8-10-15(11-9-14)21-17(22)16(19-18(21)23)12-13-6-4-3-5-7-13/h3-12H,1-2H3,(H,19,23)/b16-12+. The van der Waals surface area contributed by atoms with Crippen LogP contribution in [0.1, 0.15) is 5.56 Å². The Bertz CT molecular complexity index is 767. The summed E-state index contributed by atoms with van der Waals surface area (Å²) >= 11 is 5.32. The molecule has 1 N–H and O–H groups in total. The van der Waals surface area contributed by atoms with Gasteiger partial charge in [-0.3, -0.25) is 9.69 Å². The first kappa shape index (κ1) is 15.2. The van der Waals surface area contributed by atoms with Crippen molar-refractivity contribution in [3.8, 4) is 0 Å². The topological polar surface area (TPSA) is 35.6 Å². The minimum absolute atomic E-state index is 0.142. The number of rotatable bonds is 3. The molecule has 2 aromatic rings. The molecule has 0 bridgehead atoms. The van der Waals surface area contributed by atoms with E-state index < -0.39 is 0 Å². The number of nitrogens with zero attached hydrogens (tertiary/aromatic N) is 2. The Morgan fingerprint density at radius 2 is 1.70 bits per heavy atom. The third-order valence-corrected chi connectivity index (χ3v) is 3.90. The third kappa shape index (κ3) is 3.10. The molecule has 5 heteroatoms. The van der Waals surface area contributed by atoms with E-state index in [0.29, 0.717) is 10.8 Å². The summed E-state index contributed by atoms with van der Waals surface area (Å²) in [5, 5.41) is 3.39. The lowest BCUT2D eigenvalue weighted by molar-refractivity contribution is -0.113. The van der Waals surface area contributed by atoms with Gasteiger partial charge in [-0.25, -0.2) is 0 Å². The van der Waals surface area contributed by atoms with Crippen LogP contribution >= 0.6 is 12.2 Å². The van der Waals surface area contributed by atoms with Crippen LogP contribution in [-0.2, 0) is 4.79 Å². The fraction of sp³-hybridized carbons (Fsp3) is 0.111. The van der Waals surface area contributed by atoms with Crippen molar-refractivity contribution in [2.24, 2.45) is 0 Å². The van der Waals surface area contributed by atoms with E-state index >= 15 is 0 Å². The lowest BCUT2D eigenvalue weighted by atomic mass is 10.2. The lowest BCUT2D eigenvalue weighted by Gasteiger charge is -2.17. The van der Waals surface area contributed by atoms with Gasteiger partial charge < -0.3 is 10.2 Å². The molecule has 1 aliphatic rings. The van der Waals surface area contributed by atoms with E-state index in [4.69, 9.17) is 12.2 Å². The fourth-order valence-corrected chi connectivity index (χ4v) is 2.68. The smallest absolute Gasteiger partial charge is 0.281 e. The van der Waals surface area contributed by atoms with E-state index in [2.05, 4.69) is 5.32 Å². The van der Waals surface area contributed by atoms with E-state index in [9.17, 15) is 4.79 Å². The predicted octanol–water partition coefficient (Wildman–Crippen LogP) is 3.01. The molecule has 0 unspecified atom stereocenters. The molecule has 1 heterocycles. The van der Waals surface area contributed by atoms with E-state index in [-0.39, 0.29) is 5.91 Å². The summed E-state index contributed by atoms with van der Waals surface area (Å²) in [5.74, 6) is -0.142. The number of nitrogens with one attached hydrogen (secondary N) is 1. The summed E-state index contributed by atoms with van der Waals surface area (Å²) in [6.07, 6.45) is 1.81. The Morgan fingerprint density at radius 3 is 2.30 bits per heavy atom. The van der Waals surface area contributed by atoms with Crippen molar-refractivity contribution in [2.75, 3.05) is 23.9 Å². The highest BCUT2D eigenvalue weighted by atomic mass is 32.1. The minimum atomic E-state index is -0.142. The first-order chi connectivity index (χ1) is 11.1. The van der Waals surface area contributed by atoms with Gasteiger partial charge in [0.1, 0.15) is 5.70 Å². The molecule has 0 atom stereocenters. The third-order valence-electron chi connectivity index (χ3n) is 3.61. The van der Waals surface area contributed by atoms with Crippen LogP contribution in [0.4, 0.5) is 11.4 Å². The molecule has 1 aliphatic heterocycles. The minimum Gasteiger partial charge on any atom is -0.378 e. The Morgan fingerprint density at radius 1 is 1.04 bits per heavy atom. The first-order valence-corrected chi connectivity index (χ1v) is 7.66. The van der Waals surface area contributed by atoms with Gasteiger partial charge in [0.05, 0.1) is 5.69 Å². The molecule has 2 aromatic carbocycles.